The van der Waals surface area contributed by atoms with E-state index in [9.17, 15) is 0 Å². The van der Waals surface area contributed by atoms with Gasteiger partial charge in [-0.1, -0.05) is 30.0 Å². The lowest BCUT2D eigenvalue weighted by Crippen LogP contribution is -1.91. The molecule has 1 N–H and O–H groups in total. The molecule has 0 bridgehead atoms. The van der Waals surface area contributed by atoms with E-state index in [1.54, 1.807) is 11.6 Å². The Morgan fingerprint density at radius 2 is 1.87 bits per heavy atom. The number of rotatable bonds is 4. The second-order valence-corrected chi connectivity index (χ2v) is 3.60. The summed E-state index contributed by atoms with van der Waals surface area (Å²) in [5.41, 5.74) is 0.972. The minimum Gasteiger partial charge on any atom is -0.361 e. The summed E-state index contributed by atoms with van der Waals surface area (Å²) in [5.74, 6) is 0. The van der Waals surface area contributed by atoms with Crippen LogP contribution in [0.3, 0.4) is 0 Å². The van der Waals surface area contributed by atoms with Gasteiger partial charge >= 0.3 is 0 Å². The first-order valence-electron chi connectivity index (χ1n) is 4.28. The molecule has 0 spiro atoms. The summed E-state index contributed by atoms with van der Waals surface area (Å²) in [5, 5.41) is 21.1. The van der Waals surface area contributed by atoms with Gasteiger partial charge < -0.3 is 5.32 Å². The number of benzene rings is 1. The first-order chi connectivity index (χ1) is 7.36. The molecule has 0 saturated heterocycles. The van der Waals surface area contributed by atoms with Crippen molar-refractivity contribution in [3.05, 3.63) is 41.9 Å². The minimum absolute atomic E-state index is 0.640. The summed E-state index contributed by atoms with van der Waals surface area (Å²) >= 11 is 1.18. The summed E-state index contributed by atoms with van der Waals surface area (Å²) in [4.78, 5) is 0. The van der Waals surface area contributed by atoms with Gasteiger partial charge in [0.15, 0.2) is 5.25 Å². The van der Waals surface area contributed by atoms with Gasteiger partial charge in [-0.15, -0.1) is 0 Å². The summed E-state index contributed by atoms with van der Waals surface area (Å²) in [6.45, 7) is 0. The zero-order chi connectivity index (χ0) is 10.9. The highest BCUT2D eigenvalue weighted by Gasteiger charge is 2.00. The molecular formula is C11H9N3S. The van der Waals surface area contributed by atoms with Gasteiger partial charge in [0.25, 0.3) is 0 Å². The van der Waals surface area contributed by atoms with Crippen LogP contribution >= 0.6 is 11.8 Å². The molecule has 0 unspecified atom stereocenters. The van der Waals surface area contributed by atoms with Gasteiger partial charge in [-0.25, -0.2) is 0 Å². The molecule has 74 valence electrons. The van der Waals surface area contributed by atoms with Crippen molar-refractivity contribution in [1.29, 1.82) is 10.5 Å². The Bertz CT molecular complexity index is 386. The van der Waals surface area contributed by atoms with Crippen LogP contribution in [-0.4, -0.2) is 5.25 Å². The lowest BCUT2D eigenvalue weighted by molar-refractivity contribution is 1.35. The van der Waals surface area contributed by atoms with Gasteiger partial charge in [0.2, 0.25) is 0 Å². The first kappa shape index (κ1) is 11.2. The highest BCUT2D eigenvalue weighted by atomic mass is 32.2. The molecule has 0 amide bonds. The standard InChI is InChI=1S/C11H9N3S/c12-8-11(9-13)15-7-6-14-10-4-2-1-3-5-10/h1-7,11,14H. The van der Waals surface area contributed by atoms with Crippen LogP contribution in [0.2, 0.25) is 0 Å². The molecule has 0 aliphatic rings. The topological polar surface area (TPSA) is 59.6 Å². The Morgan fingerprint density at radius 1 is 1.20 bits per heavy atom. The molecule has 4 heteroatoms. The molecule has 1 rings (SSSR count). The average Bonchev–Trinajstić information content (AvgIpc) is 2.31. The second kappa shape index (κ2) is 6.53. The number of hydrogen-bond acceptors (Lipinski definition) is 4. The largest absolute Gasteiger partial charge is 0.361 e. The maximum atomic E-state index is 8.49. The smallest absolute Gasteiger partial charge is 0.182 e. The predicted molar refractivity (Wildman–Crippen MR) is 61.8 cm³/mol. The number of anilines is 1. The van der Waals surface area contributed by atoms with E-state index in [4.69, 9.17) is 10.5 Å². The number of hydrogen-bond donors (Lipinski definition) is 1. The van der Waals surface area contributed by atoms with Crippen LogP contribution in [0.4, 0.5) is 5.69 Å². The third-order valence-electron chi connectivity index (χ3n) is 1.54. The average molecular weight is 215 g/mol. The monoisotopic (exact) mass is 215 g/mol. The summed E-state index contributed by atoms with van der Waals surface area (Å²) in [7, 11) is 0. The van der Waals surface area contributed by atoms with Crippen molar-refractivity contribution in [2.24, 2.45) is 0 Å². The lowest BCUT2D eigenvalue weighted by atomic mass is 10.3. The van der Waals surface area contributed by atoms with Crippen LogP contribution in [0.5, 0.6) is 0 Å². The van der Waals surface area contributed by atoms with Gasteiger partial charge in [0, 0.05) is 11.9 Å². The van der Waals surface area contributed by atoms with E-state index in [1.165, 1.54) is 11.8 Å². The molecule has 15 heavy (non-hydrogen) atoms. The van der Waals surface area contributed by atoms with Gasteiger partial charge in [-0.3, -0.25) is 0 Å². The SMILES string of the molecule is N#CC(C#N)SC=CNc1ccccc1. The Morgan fingerprint density at radius 3 is 2.47 bits per heavy atom. The molecule has 0 aliphatic heterocycles. The summed E-state index contributed by atoms with van der Waals surface area (Å²) < 4.78 is 0. The van der Waals surface area contributed by atoms with E-state index < -0.39 is 5.25 Å². The molecule has 0 heterocycles. The lowest BCUT2D eigenvalue weighted by Gasteiger charge is -1.98. The molecule has 0 radical (unpaired) electrons. The fourth-order valence-electron chi connectivity index (χ4n) is 0.872. The second-order valence-electron chi connectivity index (χ2n) is 2.59. The normalized spacial score (nSPS) is 9.80. The van der Waals surface area contributed by atoms with Crippen molar-refractivity contribution in [2.45, 2.75) is 5.25 Å². The van der Waals surface area contributed by atoms with Crippen molar-refractivity contribution < 1.29 is 0 Å². The fourth-order valence-corrected chi connectivity index (χ4v) is 1.30. The number of nitriles is 2. The molecule has 3 nitrogen and oxygen atoms in total. The Balaban J connectivity index is 2.36. The maximum Gasteiger partial charge on any atom is 0.182 e. The highest BCUT2D eigenvalue weighted by Crippen LogP contribution is 2.11. The number of nitrogens with one attached hydrogen (secondary N) is 1. The molecule has 0 fully saturated rings. The third-order valence-corrected chi connectivity index (χ3v) is 2.32. The maximum absolute atomic E-state index is 8.49. The summed E-state index contributed by atoms with van der Waals surface area (Å²) in [6, 6.07) is 13.4. The van der Waals surface area contributed by atoms with Crippen LogP contribution < -0.4 is 5.32 Å². The third kappa shape index (κ3) is 4.21. The molecule has 0 aliphatic carbocycles. The van der Waals surface area contributed by atoms with Crippen molar-refractivity contribution in [3.8, 4) is 12.1 Å². The molecule has 1 aromatic carbocycles. The zero-order valence-electron chi connectivity index (χ0n) is 7.92. The van der Waals surface area contributed by atoms with Gasteiger partial charge in [-0.2, -0.15) is 10.5 Å². The zero-order valence-corrected chi connectivity index (χ0v) is 8.74. The number of para-hydroxylation sites is 1. The van der Waals surface area contributed by atoms with Crippen molar-refractivity contribution in [2.75, 3.05) is 5.32 Å². The Kier molecular flexibility index (Phi) is 4.86. The van der Waals surface area contributed by atoms with Crippen molar-refractivity contribution >= 4 is 17.4 Å². The van der Waals surface area contributed by atoms with E-state index >= 15 is 0 Å². The van der Waals surface area contributed by atoms with Crippen LogP contribution in [-0.2, 0) is 0 Å². The molecule has 0 aromatic heterocycles. The van der Waals surface area contributed by atoms with Crippen molar-refractivity contribution in [1.82, 2.24) is 0 Å². The van der Waals surface area contributed by atoms with E-state index in [1.807, 2.05) is 42.5 Å². The molecule has 1 aromatic rings. The Labute approximate surface area is 93.0 Å². The van der Waals surface area contributed by atoms with Crippen LogP contribution in [0.25, 0.3) is 0 Å². The van der Waals surface area contributed by atoms with Crippen LogP contribution in [0.1, 0.15) is 0 Å². The quantitative estimate of drug-likeness (QED) is 0.838. The predicted octanol–water partition coefficient (Wildman–Crippen LogP) is 2.72. The highest BCUT2D eigenvalue weighted by molar-refractivity contribution is 8.03. The van der Waals surface area contributed by atoms with Crippen LogP contribution in [0, 0.1) is 22.7 Å². The number of thioether (sulfide) groups is 1. The van der Waals surface area contributed by atoms with Crippen LogP contribution in [0.15, 0.2) is 41.9 Å². The fraction of sp³-hybridized carbons (Fsp3) is 0.0909. The van der Waals surface area contributed by atoms with Gasteiger partial charge in [-0.05, 0) is 17.5 Å². The molecule has 0 atom stereocenters. The van der Waals surface area contributed by atoms with E-state index in [-0.39, 0.29) is 0 Å². The van der Waals surface area contributed by atoms with Crippen molar-refractivity contribution in [3.63, 3.8) is 0 Å². The Hall–Kier alpha value is -1.91. The van der Waals surface area contributed by atoms with Gasteiger partial charge in [0.05, 0.1) is 12.1 Å². The van der Waals surface area contributed by atoms with Gasteiger partial charge in [0.1, 0.15) is 0 Å². The number of nitrogens with zero attached hydrogens (tertiary/aromatic N) is 2. The molecule has 0 saturated carbocycles. The van der Waals surface area contributed by atoms with E-state index in [0.29, 0.717) is 0 Å². The van der Waals surface area contributed by atoms with E-state index in [0.717, 1.165) is 5.69 Å². The minimum atomic E-state index is -0.640. The van der Waals surface area contributed by atoms with E-state index in [2.05, 4.69) is 5.32 Å². The summed E-state index contributed by atoms with van der Waals surface area (Å²) in [6.07, 6.45) is 1.71. The molecular weight excluding hydrogens is 206 g/mol. The first-order valence-corrected chi connectivity index (χ1v) is 5.22.